The zero-order chi connectivity index (χ0) is 20.1. The van der Waals surface area contributed by atoms with Gasteiger partial charge in [-0.25, -0.2) is 0 Å². The summed E-state index contributed by atoms with van der Waals surface area (Å²) in [5.41, 5.74) is 1.63. The highest BCUT2D eigenvalue weighted by Gasteiger charge is 2.14. The summed E-state index contributed by atoms with van der Waals surface area (Å²) in [6.45, 7) is 15.0. The molecule has 1 aromatic carbocycles. The Morgan fingerprint density at radius 1 is 1.16 bits per heavy atom. The van der Waals surface area contributed by atoms with Crippen molar-refractivity contribution in [2.24, 2.45) is 0 Å². The number of hydrogen-bond acceptors (Lipinski definition) is 4. The zero-order valence-corrected chi connectivity index (χ0v) is 17.2. The second kappa shape index (κ2) is 22.1. The van der Waals surface area contributed by atoms with Crippen LogP contribution in [0.2, 0.25) is 0 Å². The third kappa shape index (κ3) is 14.2. The normalized spacial score (nSPS) is 8.16. The van der Waals surface area contributed by atoms with E-state index in [1.165, 1.54) is 0 Å². The predicted octanol–water partition coefficient (Wildman–Crippen LogP) is 4.98. The van der Waals surface area contributed by atoms with Crippen molar-refractivity contribution in [1.29, 1.82) is 0 Å². The maximum atomic E-state index is 11.0. The first-order chi connectivity index (χ1) is 12.2. The summed E-state index contributed by atoms with van der Waals surface area (Å²) in [5, 5.41) is 14.1. The number of nitrogens with zero attached hydrogens (tertiary/aromatic N) is 1. The van der Waals surface area contributed by atoms with E-state index >= 15 is 0 Å². The van der Waals surface area contributed by atoms with Gasteiger partial charge in [-0.2, -0.15) is 0 Å². The lowest BCUT2D eigenvalue weighted by Gasteiger charge is -2.06. The van der Waals surface area contributed by atoms with E-state index in [0.717, 1.165) is 18.5 Å². The topological polar surface area (TPSA) is 64.4 Å². The fourth-order valence-electron chi connectivity index (χ4n) is 1.61. The molecule has 0 aliphatic carbocycles. The summed E-state index contributed by atoms with van der Waals surface area (Å²) in [6, 6.07) is 5.26. The van der Waals surface area contributed by atoms with Gasteiger partial charge in [0.2, 0.25) is 0 Å². The summed E-state index contributed by atoms with van der Waals surface area (Å²) >= 11 is 0. The number of likely N-dealkylation sites (N-methyl/N-ethyl adjacent to an activating group) is 1. The minimum Gasteiger partial charge on any atom is -0.364 e. The van der Waals surface area contributed by atoms with Crippen molar-refractivity contribution < 1.29 is 9.66 Å². The van der Waals surface area contributed by atoms with E-state index in [-0.39, 0.29) is 23.8 Å². The molecule has 0 aromatic heterocycles. The Balaban J connectivity index is -0.000000725. The van der Waals surface area contributed by atoms with Crippen LogP contribution in [-0.2, 0) is 17.8 Å². The summed E-state index contributed by atoms with van der Waals surface area (Å²) in [5.74, 6) is 5.46. The van der Waals surface area contributed by atoms with Gasteiger partial charge in [0.25, 0.3) is 5.69 Å². The fraction of sp³-hybridized carbons (Fsp3) is 0.600. The molecule has 1 aromatic rings. The van der Waals surface area contributed by atoms with Gasteiger partial charge >= 0.3 is 0 Å². The van der Waals surface area contributed by atoms with Gasteiger partial charge in [0.05, 0.1) is 17.1 Å². The molecule has 0 fully saturated rings. The lowest BCUT2D eigenvalue weighted by Crippen LogP contribution is -2.10. The van der Waals surface area contributed by atoms with E-state index in [1.54, 1.807) is 19.1 Å². The van der Waals surface area contributed by atoms with Crippen LogP contribution in [0.15, 0.2) is 18.2 Å². The minimum atomic E-state index is -0.368. The number of hydrogen-bond donors (Lipinski definition) is 1. The van der Waals surface area contributed by atoms with Crippen LogP contribution in [0.3, 0.4) is 0 Å². The number of nitro groups is 1. The lowest BCUT2D eigenvalue weighted by molar-refractivity contribution is -0.386. The fourth-order valence-corrected chi connectivity index (χ4v) is 1.61. The number of nitrogens with one attached hydrogen (secondary N) is 1. The Morgan fingerprint density at radius 3 is 2.24 bits per heavy atom. The van der Waals surface area contributed by atoms with E-state index in [0.29, 0.717) is 5.56 Å². The Labute approximate surface area is 154 Å². The SMILES string of the molecule is CC.CC.CC.CC#CCOCc1ccc(CCNC)cc1[N+](=O)[O-]. The highest BCUT2D eigenvalue weighted by Crippen LogP contribution is 2.21. The first-order valence-corrected chi connectivity index (χ1v) is 9.07. The van der Waals surface area contributed by atoms with Gasteiger partial charge in [0.1, 0.15) is 6.61 Å². The zero-order valence-electron chi connectivity index (χ0n) is 17.2. The first-order valence-electron chi connectivity index (χ1n) is 9.07. The van der Waals surface area contributed by atoms with Crippen LogP contribution in [-0.4, -0.2) is 25.1 Å². The Morgan fingerprint density at radius 2 is 1.76 bits per heavy atom. The molecule has 0 unspecified atom stereocenters. The standard InChI is InChI=1S/C14H18N2O3.3C2H6/c1-3-4-9-19-11-13-6-5-12(7-8-15-2)10-14(13)16(17)18;3*1-2/h5-6,10,15H,7-9,11H2,1-2H3;3*1-2H3. The number of rotatable bonds is 7. The molecule has 5 nitrogen and oxygen atoms in total. The summed E-state index contributed by atoms with van der Waals surface area (Å²) < 4.78 is 5.28. The van der Waals surface area contributed by atoms with Crippen molar-refractivity contribution in [3.8, 4) is 11.8 Å². The molecule has 0 radical (unpaired) electrons. The number of benzene rings is 1. The largest absolute Gasteiger partial charge is 0.364 e. The van der Waals surface area contributed by atoms with E-state index < -0.39 is 0 Å². The van der Waals surface area contributed by atoms with Gasteiger partial charge in [0.15, 0.2) is 0 Å². The third-order valence-corrected chi connectivity index (χ3v) is 2.62. The molecular weight excluding hydrogens is 316 g/mol. The van der Waals surface area contributed by atoms with E-state index in [2.05, 4.69) is 17.2 Å². The van der Waals surface area contributed by atoms with Crippen LogP contribution in [0.5, 0.6) is 0 Å². The van der Waals surface area contributed by atoms with Crippen molar-refractivity contribution in [2.45, 2.75) is 61.5 Å². The second-order valence-electron chi connectivity index (χ2n) is 3.99. The molecule has 25 heavy (non-hydrogen) atoms. The molecule has 1 N–H and O–H groups in total. The molecule has 5 heteroatoms. The smallest absolute Gasteiger partial charge is 0.275 e. The number of ether oxygens (including phenoxy) is 1. The molecule has 0 saturated carbocycles. The van der Waals surface area contributed by atoms with Crippen molar-refractivity contribution >= 4 is 5.69 Å². The van der Waals surface area contributed by atoms with Crippen LogP contribution in [0.25, 0.3) is 0 Å². The Kier molecular flexibility index (Phi) is 24.7. The van der Waals surface area contributed by atoms with Crippen LogP contribution in [0, 0.1) is 22.0 Å². The van der Waals surface area contributed by atoms with Crippen LogP contribution < -0.4 is 5.32 Å². The molecule has 0 heterocycles. The number of nitro benzene ring substituents is 1. The average Bonchev–Trinajstić information content (AvgIpc) is 2.68. The Hall–Kier alpha value is -1.90. The summed E-state index contributed by atoms with van der Waals surface area (Å²) in [4.78, 5) is 10.7. The Bertz CT molecular complexity index is 491. The van der Waals surface area contributed by atoms with E-state index in [1.807, 2.05) is 54.7 Å². The van der Waals surface area contributed by atoms with Gasteiger partial charge in [-0.3, -0.25) is 10.1 Å². The lowest BCUT2D eigenvalue weighted by atomic mass is 10.1. The molecule has 0 aliphatic rings. The van der Waals surface area contributed by atoms with Gasteiger partial charge in [-0.15, -0.1) is 5.92 Å². The third-order valence-electron chi connectivity index (χ3n) is 2.62. The molecular formula is C20H36N2O3. The highest BCUT2D eigenvalue weighted by atomic mass is 16.6. The van der Waals surface area contributed by atoms with Gasteiger partial charge in [-0.1, -0.05) is 53.5 Å². The minimum absolute atomic E-state index is 0.109. The highest BCUT2D eigenvalue weighted by molar-refractivity contribution is 5.43. The molecule has 0 saturated heterocycles. The maximum absolute atomic E-state index is 11.0. The van der Waals surface area contributed by atoms with Crippen LogP contribution in [0.4, 0.5) is 5.69 Å². The molecule has 144 valence electrons. The molecule has 0 atom stereocenters. The van der Waals surface area contributed by atoms with Crippen molar-refractivity contribution in [3.05, 3.63) is 39.4 Å². The van der Waals surface area contributed by atoms with Gasteiger partial charge < -0.3 is 10.1 Å². The van der Waals surface area contributed by atoms with Gasteiger partial charge in [-0.05, 0) is 38.6 Å². The second-order valence-corrected chi connectivity index (χ2v) is 3.99. The van der Waals surface area contributed by atoms with Crippen LogP contribution >= 0.6 is 0 Å². The quantitative estimate of drug-likeness (QED) is 0.325. The van der Waals surface area contributed by atoms with Crippen LogP contribution in [0.1, 0.15) is 59.6 Å². The molecule has 0 aliphatic heterocycles. The molecule has 0 spiro atoms. The maximum Gasteiger partial charge on any atom is 0.275 e. The van der Waals surface area contributed by atoms with Crippen molar-refractivity contribution in [1.82, 2.24) is 5.32 Å². The van der Waals surface area contributed by atoms with Crippen molar-refractivity contribution in [2.75, 3.05) is 20.2 Å². The monoisotopic (exact) mass is 352 g/mol. The summed E-state index contributed by atoms with van der Waals surface area (Å²) in [7, 11) is 1.85. The van der Waals surface area contributed by atoms with Crippen molar-refractivity contribution in [3.63, 3.8) is 0 Å². The van der Waals surface area contributed by atoms with Gasteiger partial charge in [0, 0.05) is 6.07 Å². The molecule has 0 amide bonds. The summed E-state index contributed by atoms with van der Waals surface area (Å²) in [6.07, 6.45) is 0.764. The molecule has 1 rings (SSSR count). The predicted molar refractivity (Wildman–Crippen MR) is 108 cm³/mol. The van der Waals surface area contributed by atoms with E-state index in [4.69, 9.17) is 4.74 Å². The van der Waals surface area contributed by atoms with E-state index in [9.17, 15) is 10.1 Å². The first kappa shape index (κ1) is 27.9. The molecule has 0 bridgehead atoms. The average molecular weight is 353 g/mol.